The van der Waals surface area contributed by atoms with Crippen LogP contribution < -0.4 is 0 Å². The van der Waals surface area contributed by atoms with Crippen LogP contribution in [-0.2, 0) is 10.3 Å². The third-order valence-corrected chi connectivity index (χ3v) is 6.14. The Morgan fingerprint density at radius 1 is 0.806 bits per heavy atom. The number of hydrogen-bond acceptors (Lipinski definition) is 5. The number of esters is 1. The first-order chi connectivity index (χ1) is 14.6. The largest absolute Gasteiger partial charge is 0.507 e. The van der Waals surface area contributed by atoms with Crippen LogP contribution in [0.3, 0.4) is 0 Å². The molecule has 0 saturated heterocycles. The molecule has 0 fully saturated rings. The van der Waals surface area contributed by atoms with E-state index < -0.39 is 17.5 Å². The Labute approximate surface area is 179 Å². The van der Waals surface area contributed by atoms with Crippen molar-refractivity contribution < 1.29 is 29.6 Å². The molecule has 4 rings (SSSR count). The van der Waals surface area contributed by atoms with Crippen molar-refractivity contribution in [1.29, 1.82) is 0 Å². The van der Waals surface area contributed by atoms with Gasteiger partial charge in [0.15, 0.2) is 5.60 Å². The number of aryl methyl sites for hydroxylation is 2. The van der Waals surface area contributed by atoms with E-state index >= 15 is 0 Å². The van der Waals surface area contributed by atoms with Crippen molar-refractivity contribution in [2.75, 3.05) is 0 Å². The molecule has 0 spiro atoms. The van der Waals surface area contributed by atoms with Crippen molar-refractivity contribution in [3.63, 3.8) is 0 Å². The maximum Gasteiger partial charge on any atom is 0.340 e. The molecule has 0 saturated carbocycles. The number of aromatic hydroxyl groups is 2. The predicted molar refractivity (Wildman–Crippen MR) is 114 cm³/mol. The van der Waals surface area contributed by atoms with Crippen molar-refractivity contribution in [2.24, 2.45) is 0 Å². The van der Waals surface area contributed by atoms with E-state index in [0.29, 0.717) is 38.9 Å². The summed E-state index contributed by atoms with van der Waals surface area (Å²) in [6.45, 7) is 6.96. The Bertz CT molecular complexity index is 1210. The molecule has 0 aromatic heterocycles. The number of fused-ring (bicyclic) bond motifs is 1. The molecule has 3 aromatic carbocycles. The van der Waals surface area contributed by atoms with Gasteiger partial charge in [-0.1, -0.05) is 24.3 Å². The van der Waals surface area contributed by atoms with Gasteiger partial charge in [-0.05, 0) is 68.1 Å². The molecule has 0 bridgehead atoms. The van der Waals surface area contributed by atoms with Gasteiger partial charge in [0.2, 0.25) is 0 Å². The van der Waals surface area contributed by atoms with Crippen molar-refractivity contribution >= 4 is 11.9 Å². The van der Waals surface area contributed by atoms with E-state index in [1.807, 2.05) is 0 Å². The normalized spacial score (nSPS) is 14.3. The smallest absolute Gasteiger partial charge is 0.340 e. The highest BCUT2D eigenvalue weighted by molar-refractivity contribution is 5.98. The first-order valence-corrected chi connectivity index (χ1v) is 9.80. The molecule has 0 atom stereocenters. The molecule has 0 radical (unpaired) electrons. The van der Waals surface area contributed by atoms with Gasteiger partial charge in [-0.25, -0.2) is 9.59 Å². The summed E-state index contributed by atoms with van der Waals surface area (Å²) in [7, 11) is 0. The van der Waals surface area contributed by atoms with E-state index in [4.69, 9.17) is 4.74 Å². The molecule has 31 heavy (non-hydrogen) atoms. The van der Waals surface area contributed by atoms with Gasteiger partial charge in [-0.2, -0.15) is 0 Å². The zero-order chi connectivity index (χ0) is 22.7. The second-order valence-electron chi connectivity index (χ2n) is 7.94. The van der Waals surface area contributed by atoms with Gasteiger partial charge < -0.3 is 20.1 Å². The molecule has 1 aliphatic rings. The molecule has 1 heterocycles. The fraction of sp³-hybridized carbons (Fsp3) is 0.200. The van der Waals surface area contributed by atoms with Gasteiger partial charge in [-0.3, -0.25) is 0 Å². The number of rotatable bonds is 3. The number of carbonyl (C=O) groups is 2. The Hall–Kier alpha value is -3.80. The summed E-state index contributed by atoms with van der Waals surface area (Å²) in [6.07, 6.45) is 0. The van der Waals surface area contributed by atoms with Gasteiger partial charge in [0, 0.05) is 16.7 Å². The molecule has 1 aliphatic heterocycles. The number of carboxylic acid groups (broad SMARTS) is 1. The van der Waals surface area contributed by atoms with Crippen LogP contribution in [0.25, 0.3) is 0 Å². The minimum Gasteiger partial charge on any atom is -0.507 e. The number of benzene rings is 3. The van der Waals surface area contributed by atoms with Crippen molar-refractivity contribution in [1.82, 2.24) is 0 Å². The molecule has 158 valence electrons. The Morgan fingerprint density at radius 3 is 1.81 bits per heavy atom. The van der Waals surface area contributed by atoms with Crippen LogP contribution in [0.5, 0.6) is 11.5 Å². The third-order valence-electron chi connectivity index (χ3n) is 6.14. The number of phenolic OH excluding ortho intramolecular Hbond substituents is 2. The van der Waals surface area contributed by atoms with Crippen LogP contribution in [0.4, 0.5) is 0 Å². The highest BCUT2D eigenvalue weighted by atomic mass is 16.6. The van der Waals surface area contributed by atoms with Gasteiger partial charge in [0.05, 0.1) is 11.1 Å². The summed E-state index contributed by atoms with van der Waals surface area (Å²) >= 11 is 0. The Balaban J connectivity index is 2.18. The van der Waals surface area contributed by atoms with Crippen LogP contribution in [0, 0.1) is 27.7 Å². The first kappa shape index (κ1) is 20.5. The summed E-state index contributed by atoms with van der Waals surface area (Å²) in [5, 5.41) is 30.9. The summed E-state index contributed by atoms with van der Waals surface area (Å²) in [6, 6.07) is 11.2. The molecule has 0 unspecified atom stereocenters. The summed E-state index contributed by atoms with van der Waals surface area (Å²) in [4.78, 5) is 24.6. The van der Waals surface area contributed by atoms with Crippen LogP contribution in [0.1, 0.15) is 59.7 Å². The molecule has 6 nitrogen and oxygen atoms in total. The lowest BCUT2D eigenvalue weighted by Crippen LogP contribution is -2.31. The van der Waals surface area contributed by atoms with Gasteiger partial charge >= 0.3 is 11.9 Å². The maximum atomic E-state index is 12.9. The molecule has 0 amide bonds. The lowest BCUT2D eigenvalue weighted by molar-refractivity contribution is 0.0246. The maximum absolute atomic E-state index is 12.9. The Kier molecular flexibility index (Phi) is 4.54. The fourth-order valence-electron chi connectivity index (χ4n) is 4.37. The quantitative estimate of drug-likeness (QED) is 0.542. The van der Waals surface area contributed by atoms with Crippen LogP contribution in [0.15, 0.2) is 42.5 Å². The highest BCUT2D eigenvalue weighted by Crippen LogP contribution is 2.51. The second kappa shape index (κ2) is 6.87. The molecule has 6 heteroatoms. The predicted octanol–water partition coefficient (Wildman–Crippen LogP) is 4.49. The van der Waals surface area contributed by atoms with Crippen molar-refractivity contribution in [3.8, 4) is 11.5 Å². The van der Waals surface area contributed by atoms with Gasteiger partial charge in [0.1, 0.15) is 11.5 Å². The van der Waals surface area contributed by atoms with E-state index in [1.54, 1.807) is 52.0 Å². The van der Waals surface area contributed by atoms with Crippen LogP contribution >= 0.6 is 0 Å². The number of phenols is 2. The molecule has 3 aromatic rings. The number of cyclic esters (lactones) is 1. The van der Waals surface area contributed by atoms with E-state index in [9.17, 15) is 24.9 Å². The SMILES string of the molecule is Cc1ccc(C2(c3ccc(C)c(O)c3C)OC(=O)c3ccc(C(=O)O)cc32)c(C)c1O. The second-order valence-corrected chi connectivity index (χ2v) is 7.94. The topological polar surface area (TPSA) is 104 Å². The summed E-state index contributed by atoms with van der Waals surface area (Å²) in [5.41, 5.74) is 2.38. The molecule has 0 aliphatic carbocycles. The lowest BCUT2D eigenvalue weighted by Gasteiger charge is -2.33. The van der Waals surface area contributed by atoms with E-state index in [2.05, 4.69) is 0 Å². The number of carboxylic acids is 1. The minimum absolute atomic E-state index is 0.00407. The lowest BCUT2D eigenvalue weighted by atomic mass is 9.75. The summed E-state index contributed by atoms with van der Waals surface area (Å²) in [5.74, 6) is -1.62. The standard InChI is InChI=1S/C25H22O6/c1-12-5-9-18(14(3)21(12)26)25(19-10-6-13(2)22(27)15(19)4)20-11-16(23(28)29)7-8-17(20)24(30)31-25/h5-11,26-27H,1-4H3,(H,28,29). The number of carbonyl (C=O) groups excluding carboxylic acids is 1. The van der Waals surface area contributed by atoms with Crippen molar-refractivity contribution in [3.05, 3.63) is 92.5 Å². The average molecular weight is 418 g/mol. The summed E-state index contributed by atoms with van der Waals surface area (Å²) < 4.78 is 6.02. The minimum atomic E-state index is -1.53. The zero-order valence-electron chi connectivity index (χ0n) is 17.6. The molecule has 3 N–H and O–H groups in total. The van der Waals surface area contributed by atoms with Crippen LogP contribution in [-0.4, -0.2) is 27.3 Å². The zero-order valence-corrected chi connectivity index (χ0v) is 17.6. The third kappa shape index (κ3) is 2.79. The van der Waals surface area contributed by atoms with Crippen LogP contribution in [0.2, 0.25) is 0 Å². The first-order valence-electron chi connectivity index (χ1n) is 9.80. The highest BCUT2D eigenvalue weighted by Gasteiger charge is 2.51. The van der Waals surface area contributed by atoms with E-state index in [0.717, 1.165) is 0 Å². The molecular formula is C25H22O6. The average Bonchev–Trinajstić information content (AvgIpc) is 3.03. The van der Waals surface area contributed by atoms with Crippen molar-refractivity contribution in [2.45, 2.75) is 33.3 Å². The monoisotopic (exact) mass is 418 g/mol. The Morgan fingerprint density at radius 2 is 1.32 bits per heavy atom. The van der Waals surface area contributed by atoms with Gasteiger partial charge in [0.25, 0.3) is 0 Å². The number of ether oxygens (including phenoxy) is 1. The van der Waals surface area contributed by atoms with E-state index in [1.165, 1.54) is 18.2 Å². The fourth-order valence-corrected chi connectivity index (χ4v) is 4.37. The molecular weight excluding hydrogens is 396 g/mol. The number of aromatic carboxylic acids is 1. The number of hydrogen-bond donors (Lipinski definition) is 3. The van der Waals surface area contributed by atoms with E-state index in [-0.39, 0.29) is 22.6 Å². The van der Waals surface area contributed by atoms with Gasteiger partial charge in [-0.15, -0.1) is 0 Å².